The molecule has 2 aliphatic carbocycles. The van der Waals surface area contributed by atoms with E-state index in [1.165, 1.54) is 0 Å². The molecule has 6 heteroatoms. The minimum Gasteiger partial charge on any atom is -0.484 e. The summed E-state index contributed by atoms with van der Waals surface area (Å²) in [6.45, 7) is 2.12. The first-order chi connectivity index (χ1) is 11.4. The summed E-state index contributed by atoms with van der Waals surface area (Å²) >= 11 is 12.9. The lowest BCUT2D eigenvalue weighted by molar-refractivity contribution is -0.115. The molecule has 3 rings (SSSR count). The Hall–Kier alpha value is -1.52. The van der Waals surface area contributed by atoms with E-state index in [1.807, 2.05) is 6.07 Å². The van der Waals surface area contributed by atoms with Gasteiger partial charge in [0.1, 0.15) is 23.2 Å². The van der Waals surface area contributed by atoms with Crippen LogP contribution in [0.1, 0.15) is 43.7 Å². The van der Waals surface area contributed by atoms with Crippen LogP contribution in [0.2, 0.25) is 10.0 Å². The van der Waals surface area contributed by atoms with Gasteiger partial charge in [-0.15, -0.1) is 0 Å². The highest BCUT2D eigenvalue weighted by Crippen LogP contribution is 2.58. The standard InChI is InChI=1S/C18H20Cl2N2O2/c1-2-4-18-5-3-11(23)7-12(18)15-10(8-18)6-13(16(19)17(15)20)24-9-14(21)22/h6-7H,2-5,8-9H2,1H3,(H3,21,22)/t18-/m1/s1. The molecular formula is C18H20Cl2N2O2. The summed E-state index contributed by atoms with van der Waals surface area (Å²) in [5.74, 6) is 0.508. The van der Waals surface area contributed by atoms with Gasteiger partial charge >= 0.3 is 0 Å². The van der Waals surface area contributed by atoms with Crippen LogP contribution in [0.25, 0.3) is 5.57 Å². The number of carbonyl (C=O) groups is 1. The van der Waals surface area contributed by atoms with Crippen LogP contribution in [0.4, 0.5) is 0 Å². The highest BCUT2D eigenvalue weighted by atomic mass is 35.5. The van der Waals surface area contributed by atoms with E-state index >= 15 is 0 Å². The van der Waals surface area contributed by atoms with Crippen molar-refractivity contribution in [3.8, 4) is 5.75 Å². The number of halogens is 2. The number of allylic oxidation sites excluding steroid dienone is 2. The van der Waals surface area contributed by atoms with Crippen LogP contribution >= 0.6 is 23.2 Å². The third kappa shape index (κ3) is 2.82. The number of ether oxygens (including phenoxy) is 1. The van der Waals surface area contributed by atoms with Gasteiger partial charge in [0, 0.05) is 17.4 Å². The van der Waals surface area contributed by atoms with Gasteiger partial charge in [0.2, 0.25) is 0 Å². The van der Waals surface area contributed by atoms with Crippen molar-refractivity contribution in [2.75, 3.05) is 6.61 Å². The average Bonchev–Trinajstić information content (AvgIpc) is 2.83. The molecule has 0 saturated carbocycles. The molecule has 0 spiro atoms. The Bertz CT molecular complexity index is 758. The number of nitrogens with one attached hydrogen (secondary N) is 1. The Morgan fingerprint density at radius 2 is 2.17 bits per heavy atom. The zero-order valence-corrected chi connectivity index (χ0v) is 15.1. The first-order valence-corrected chi connectivity index (χ1v) is 8.85. The molecule has 24 heavy (non-hydrogen) atoms. The number of fused-ring (bicyclic) bond motifs is 3. The van der Waals surface area contributed by atoms with E-state index in [2.05, 4.69) is 6.92 Å². The molecule has 0 amide bonds. The molecular weight excluding hydrogens is 347 g/mol. The fourth-order valence-electron chi connectivity index (χ4n) is 3.94. The summed E-state index contributed by atoms with van der Waals surface area (Å²) < 4.78 is 5.52. The number of amidine groups is 1. The van der Waals surface area contributed by atoms with Gasteiger partial charge in [-0.3, -0.25) is 10.2 Å². The SMILES string of the molecule is CCC[C@]12CCC(=O)C=C1c1c(cc(OCC(=N)N)c(Cl)c1Cl)C2. The number of benzene rings is 1. The van der Waals surface area contributed by atoms with Crippen molar-refractivity contribution in [1.29, 1.82) is 5.41 Å². The molecule has 1 aromatic carbocycles. The van der Waals surface area contributed by atoms with Gasteiger partial charge in [-0.2, -0.15) is 0 Å². The molecule has 0 aromatic heterocycles. The molecule has 2 aliphatic rings. The summed E-state index contributed by atoms with van der Waals surface area (Å²) in [5, 5.41) is 8.02. The van der Waals surface area contributed by atoms with E-state index in [0.717, 1.165) is 42.4 Å². The summed E-state index contributed by atoms with van der Waals surface area (Å²) in [5.41, 5.74) is 8.29. The second kappa shape index (κ2) is 6.41. The predicted octanol–water partition coefficient (Wildman–Crippen LogP) is 4.40. The van der Waals surface area contributed by atoms with Gasteiger partial charge in [-0.05, 0) is 42.5 Å². The number of hydrogen-bond donors (Lipinski definition) is 2. The van der Waals surface area contributed by atoms with Gasteiger partial charge in [-0.25, -0.2) is 0 Å². The van der Waals surface area contributed by atoms with Crippen LogP contribution in [0.5, 0.6) is 5.75 Å². The molecule has 0 heterocycles. The Balaban J connectivity index is 2.09. The third-order valence-corrected chi connectivity index (χ3v) is 5.74. The number of carbonyl (C=O) groups excluding carboxylic acids is 1. The van der Waals surface area contributed by atoms with E-state index < -0.39 is 0 Å². The minimum atomic E-state index is -0.0767. The molecule has 4 nitrogen and oxygen atoms in total. The van der Waals surface area contributed by atoms with Crippen molar-refractivity contribution in [2.45, 2.75) is 39.0 Å². The summed E-state index contributed by atoms with van der Waals surface area (Å²) in [7, 11) is 0. The van der Waals surface area contributed by atoms with Crippen molar-refractivity contribution >= 4 is 40.4 Å². The van der Waals surface area contributed by atoms with Crippen molar-refractivity contribution in [2.24, 2.45) is 11.1 Å². The smallest absolute Gasteiger partial charge is 0.156 e. The van der Waals surface area contributed by atoms with Crippen molar-refractivity contribution in [1.82, 2.24) is 0 Å². The third-order valence-electron chi connectivity index (χ3n) is 4.89. The van der Waals surface area contributed by atoms with Gasteiger partial charge in [0.05, 0.1) is 5.02 Å². The van der Waals surface area contributed by atoms with Crippen molar-refractivity contribution < 1.29 is 9.53 Å². The van der Waals surface area contributed by atoms with Crippen LogP contribution in [0.15, 0.2) is 12.1 Å². The molecule has 0 fully saturated rings. The van der Waals surface area contributed by atoms with Gasteiger partial charge in [0.15, 0.2) is 5.78 Å². The highest BCUT2D eigenvalue weighted by Gasteiger charge is 2.45. The maximum atomic E-state index is 12.0. The molecule has 0 unspecified atom stereocenters. The summed E-state index contributed by atoms with van der Waals surface area (Å²) in [6, 6.07) is 1.88. The van der Waals surface area contributed by atoms with Crippen LogP contribution in [-0.4, -0.2) is 18.2 Å². The maximum absolute atomic E-state index is 12.0. The number of rotatable bonds is 5. The second-order valence-corrected chi connectivity index (χ2v) is 7.34. The minimum absolute atomic E-state index is 0.0306. The molecule has 0 aliphatic heterocycles. The van der Waals surface area contributed by atoms with E-state index in [0.29, 0.717) is 22.2 Å². The second-order valence-electron chi connectivity index (χ2n) is 6.58. The molecule has 0 radical (unpaired) electrons. The van der Waals surface area contributed by atoms with Gasteiger partial charge < -0.3 is 10.5 Å². The van der Waals surface area contributed by atoms with E-state index in [9.17, 15) is 4.79 Å². The van der Waals surface area contributed by atoms with Crippen LogP contribution < -0.4 is 10.5 Å². The molecule has 3 N–H and O–H groups in total. The summed E-state index contributed by atoms with van der Waals surface area (Å²) in [6.07, 6.45) is 6.07. The highest BCUT2D eigenvalue weighted by molar-refractivity contribution is 6.44. The largest absolute Gasteiger partial charge is 0.484 e. The zero-order valence-electron chi connectivity index (χ0n) is 13.5. The summed E-state index contributed by atoms with van der Waals surface area (Å²) in [4.78, 5) is 12.0. The zero-order chi connectivity index (χ0) is 17.5. The van der Waals surface area contributed by atoms with E-state index in [4.69, 9.17) is 39.1 Å². The van der Waals surface area contributed by atoms with Crippen molar-refractivity contribution in [3.63, 3.8) is 0 Å². The van der Waals surface area contributed by atoms with Crippen LogP contribution in [0, 0.1) is 10.8 Å². The average molecular weight is 367 g/mol. The molecule has 1 aromatic rings. The quantitative estimate of drug-likeness (QED) is 0.598. The fraction of sp³-hybridized carbons (Fsp3) is 0.444. The Labute approximate surface area is 151 Å². The first kappa shape index (κ1) is 17.3. The Kier molecular flexibility index (Phi) is 4.63. The molecule has 0 bridgehead atoms. The van der Waals surface area contributed by atoms with Crippen LogP contribution in [0.3, 0.4) is 0 Å². The Morgan fingerprint density at radius 3 is 2.83 bits per heavy atom. The lowest BCUT2D eigenvalue weighted by atomic mass is 9.70. The first-order valence-electron chi connectivity index (χ1n) is 8.10. The number of ketones is 1. The van der Waals surface area contributed by atoms with Crippen molar-refractivity contribution in [3.05, 3.63) is 33.3 Å². The lowest BCUT2D eigenvalue weighted by Gasteiger charge is -2.33. The monoisotopic (exact) mass is 366 g/mol. The van der Waals surface area contributed by atoms with E-state index in [-0.39, 0.29) is 23.6 Å². The van der Waals surface area contributed by atoms with Gasteiger partial charge in [0.25, 0.3) is 0 Å². The Morgan fingerprint density at radius 1 is 1.42 bits per heavy atom. The van der Waals surface area contributed by atoms with Crippen LogP contribution in [-0.2, 0) is 11.2 Å². The van der Waals surface area contributed by atoms with E-state index in [1.54, 1.807) is 6.08 Å². The number of nitrogens with two attached hydrogens (primary N) is 1. The molecule has 0 saturated heterocycles. The maximum Gasteiger partial charge on any atom is 0.156 e. The molecule has 1 atom stereocenters. The molecule has 128 valence electrons. The number of hydrogen-bond acceptors (Lipinski definition) is 3. The van der Waals surface area contributed by atoms with Gasteiger partial charge in [-0.1, -0.05) is 36.5 Å². The normalized spacial score (nSPS) is 22.0. The predicted molar refractivity (Wildman–Crippen MR) is 97.1 cm³/mol. The fourth-order valence-corrected chi connectivity index (χ4v) is 4.46. The lowest BCUT2D eigenvalue weighted by Crippen LogP contribution is -2.25. The topological polar surface area (TPSA) is 76.2 Å².